The van der Waals surface area contributed by atoms with Crippen molar-refractivity contribution < 1.29 is 14.0 Å². The molecule has 3 aromatic rings. The van der Waals surface area contributed by atoms with E-state index in [1.54, 1.807) is 31.2 Å². The molecule has 1 heterocycles. The lowest BCUT2D eigenvalue weighted by Crippen LogP contribution is -2.20. The number of nitrogens with two attached hydrogens (primary N) is 1. The smallest absolute Gasteiger partial charge is 0.257 e. The molecule has 8 nitrogen and oxygen atoms in total. The van der Waals surface area contributed by atoms with Crippen molar-refractivity contribution in [3.63, 3.8) is 0 Å². The van der Waals surface area contributed by atoms with E-state index in [1.165, 1.54) is 28.9 Å². The number of thioether (sulfide) groups is 1. The first kappa shape index (κ1) is 19.4. The highest BCUT2D eigenvalue weighted by Gasteiger charge is 2.15. The zero-order chi connectivity index (χ0) is 20.1. The van der Waals surface area contributed by atoms with Crippen molar-refractivity contribution in [2.75, 3.05) is 22.2 Å². The number of aryl methyl sites for hydroxylation is 1. The van der Waals surface area contributed by atoms with Crippen LogP contribution in [0.5, 0.6) is 0 Å². The highest BCUT2D eigenvalue weighted by Crippen LogP contribution is 2.19. The van der Waals surface area contributed by atoms with E-state index in [9.17, 15) is 14.0 Å². The minimum atomic E-state index is -0.424. The number of aromatic nitrogens is 3. The van der Waals surface area contributed by atoms with Crippen LogP contribution >= 0.6 is 11.8 Å². The van der Waals surface area contributed by atoms with Crippen LogP contribution < -0.4 is 16.5 Å². The summed E-state index contributed by atoms with van der Waals surface area (Å²) in [5.41, 5.74) is 1.09. The Morgan fingerprint density at radius 2 is 1.82 bits per heavy atom. The van der Waals surface area contributed by atoms with Gasteiger partial charge in [0, 0.05) is 5.69 Å². The van der Waals surface area contributed by atoms with Crippen molar-refractivity contribution in [2.24, 2.45) is 0 Å². The van der Waals surface area contributed by atoms with Gasteiger partial charge in [-0.2, -0.15) is 0 Å². The molecule has 2 aromatic carbocycles. The summed E-state index contributed by atoms with van der Waals surface area (Å²) >= 11 is 1.13. The number of carbonyl (C=O) groups is 2. The van der Waals surface area contributed by atoms with E-state index in [-0.39, 0.29) is 17.2 Å². The van der Waals surface area contributed by atoms with E-state index >= 15 is 0 Å². The summed E-state index contributed by atoms with van der Waals surface area (Å²) in [5.74, 6) is 5.18. The first-order valence-electron chi connectivity index (χ1n) is 8.19. The van der Waals surface area contributed by atoms with Crippen LogP contribution in [0.2, 0.25) is 0 Å². The van der Waals surface area contributed by atoms with Crippen LogP contribution in [-0.4, -0.2) is 32.4 Å². The topological polar surface area (TPSA) is 115 Å². The lowest BCUT2D eigenvalue weighted by Gasteiger charge is -2.11. The number of hydrogen-bond donors (Lipinski definition) is 3. The number of benzene rings is 2. The lowest BCUT2D eigenvalue weighted by molar-refractivity contribution is -0.113. The van der Waals surface area contributed by atoms with Gasteiger partial charge in [0.05, 0.1) is 17.0 Å². The molecule has 1 aromatic heterocycles. The molecule has 0 aliphatic rings. The van der Waals surface area contributed by atoms with E-state index < -0.39 is 11.7 Å². The van der Waals surface area contributed by atoms with Gasteiger partial charge in [0.25, 0.3) is 5.91 Å². The molecule has 0 radical (unpaired) electrons. The summed E-state index contributed by atoms with van der Waals surface area (Å²) in [4.78, 5) is 24.8. The molecule has 0 saturated heterocycles. The number of nitrogens with zero attached hydrogens (tertiary/aromatic N) is 3. The maximum Gasteiger partial charge on any atom is 0.257 e. The fraction of sp³-hybridized carbons (Fsp3) is 0.111. The van der Waals surface area contributed by atoms with Crippen molar-refractivity contribution in [3.05, 3.63) is 65.7 Å². The third kappa shape index (κ3) is 4.65. The van der Waals surface area contributed by atoms with Gasteiger partial charge >= 0.3 is 0 Å². The number of anilines is 2. The van der Waals surface area contributed by atoms with Crippen molar-refractivity contribution in [3.8, 4) is 0 Å². The second-order valence-electron chi connectivity index (χ2n) is 5.74. The van der Waals surface area contributed by atoms with E-state index in [1.807, 2.05) is 0 Å². The average Bonchev–Trinajstić information content (AvgIpc) is 3.00. The SMILES string of the molecule is Cc1nnc(SCC(=O)Nc2ccccc2C(=O)Nc2ccc(F)cc2)n1N. The number of hydrogen-bond acceptors (Lipinski definition) is 6. The monoisotopic (exact) mass is 400 g/mol. The van der Waals surface area contributed by atoms with Crippen LogP contribution in [0.25, 0.3) is 0 Å². The van der Waals surface area contributed by atoms with E-state index in [2.05, 4.69) is 20.8 Å². The van der Waals surface area contributed by atoms with Crippen molar-refractivity contribution in [2.45, 2.75) is 12.1 Å². The number of nitrogen functional groups attached to an aromatic ring is 1. The Morgan fingerprint density at radius 1 is 1.11 bits per heavy atom. The summed E-state index contributed by atoms with van der Waals surface area (Å²) < 4.78 is 14.3. The second-order valence-corrected chi connectivity index (χ2v) is 6.69. The molecule has 0 aliphatic heterocycles. The molecule has 0 bridgehead atoms. The third-order valence-corrected chi connectivity index (χ3v) is 4.66. The molecule has 0 saturated carbocycles. The Balaban J connectivity index is 1.65. The van der Waals surface area contributed by atoms with Gasteiger partial charge in [-0.3, -0.25) is 9.59 Å². The number of halogens is 1. The van der Waals surface area contributed by atoms with E-state index in [0.29, 0.717) is 22.4 Å². The molecular weight excluding hydrogens is 383 g/mol. The molecule has 0 spiro atoms. The van der Waals surface area contributed by atoms with Crippen LogP contribution in [0.1, 0.15) is 16.2 Å². The molecule has 0 fully saturated rings. The van der Waals surface area contributed by atoms with Crippen LogP contribution in [0.4, 0.5) is 15.8 Å². The van der Waals surface area contributed by atoms with Gasteiger partial charge in [0.15, 0.2) is 0 Å². The minimum absolute atomic E-state index is 0.0449. The zero-order valence-corrected chi connectivity index (χ0v) is 15.7. The summed E-state index contributed by atoms with van der Waals surface area (Å²) in [6.07, 6.45) is 0. The maximum absolute atomic E-state index is 13.0. The Kier molecular flexibility index (Phi) is 5.90. The van der Waals surface area contributed by atoms with E-state index in [4.69, 9.17) is 5.84 Å². The number of para-hydroxylation sites is 1. The predicted molar refractivity (Wildman–Crippen MR) is 105 cm³/mol. The first-order valence-corrected chi connectivity index (χ1v) is 9.18. The molecular formula is C18H17FN6O2S. The van der Waals surface area contributed by atoms with Gasteiger partial charge in [-0.1, -0.05) is 23.9 Å². The molecule has 0 aliphatic carbocycles. The highest BCUT2D eigenvalue weighted by atomic mass is 32.2. The van der Waals surface area contributed by atoms with Crippen LogP contribution in [0.15, 0.2) is 53.7 Å². The molecule has 144 valence electrons. The van der Waals surface area contributed by atoms with Gasteiger partial charge < -0.3 is 16.5 Å². The molecule has 0 atom stereocenters. The van der Waals surface area contributed by atoms with Gasteiger partial charge in [0.2, 0.25) is 11.1 Å². The van der Waals surface area contributed by atoms with E-state index in [0.717, 1.165) is 11.8 Å². The lowest BCUT2D eigenvalue weighted by atomic mass is 10.1. The standard InChI is InChI=1S/C18H17FN6O2S/c1-11-23-24-18(25(11)20)28-10-16(26)22-15-5-3-2-4-14(15)17(27)21-13-8-6-12(19)7-9-13/h2-9H,10,20H2,1H3,(H,21,27)(H,22,26). The number of rotatable bonds is 6. The second kappa shape index (κ2) is 8.53. The summed E-state index contributed by atoms with van der Waals surface area (Å²) in [5, 5.41) is 13.5. The zero-order valence-electron chi connectivity index (χ0n) is 14.8. The third-order valence-electron chi connectivity index (χ3n) is 3.72. The molecule has 2 amide bonds. The summed E-state index contributed by atoms with van der Waals surface area (Å²) in [7, 11) is 0. The van der Waals surface area contributed by atoms with Crippen molar-refractivity contribution in [1.82, 2.24) is 14.9 Å². The predicted octanol–water partition coefficient (Wildman–Crippen LogP) is 2.42. The molecule has 0 unspecified atom stereocenters. The molecule has 10 heteroatoms. The Bertz CT molecular complexity index is 1010. The van der Waals surface area contributed by atoms with Gasteiger partial charge in [-0.15, -0.1) is 10.2 Å². The first-order chi connectivity index (χ1) is 13.4. The minimum Gasteiger partial charge on any atom is -0.336 e. The van der Waals surface area contributed by atoms with Crippen molar-refractivity contribution >= 4 is 35.0 Å². The normalized spacial score (nSPS) is 10.5. The maximum atomic E-state index is 13.0. The fourth-order valence-electron chi connectivity index (χ4n) is 2.29. The average molecular weight is 400 g/mol. The quantitative estimate of drug-likeness (QED) is 0.432. The molecule has 4 N–H and O–H groups in total. The van der Waals surface area contributed by atoms with Crippen LogP contribution in [-0.2, 0) is 4.79 Å². The Labute approximate surface area is 164 Å². The van der Waals surface area contributed by atoms with Crippen LogP contribution in [0, 0.1) is 12.7 Å². The summed E-state index contributed by atoms with van der Waals surface area (Å²) in [6.45, 7) is 1.70. The van der Waals surface area contributed by atoms with Crippen LogP contribution in [0.3, 0.4) is 0 Å². The molecule has 28 heavy (non-hydrogen) atoms. The largest absolute Gasteiger partial charge is 0.336 e. The van der Waals surface area contributed by atoms with Gasteiger partial charge in [-0.05, 0) is 43.3 Å². The fourth-order valence-corrected chi connectivity index (χ4v) is 2.99. The highest BCUT2D eigenvalue weighted by molar-refractivity contribution is 7.99. The van der Waals surface area contributed by atoms with Gasteiger partial charge in [0.1, 0.15) is 11.6 Å². The number of carbonyl (C=O) groups excluding carboxylic acids is 2. The Morgan fingerprint density at radius 3 is 2.50 bits per heavy atom. The number of nitrogens with one attached hydrogen (secondary N) is 2. The number of amides is 2. The molecule has 3 rings (SSSR count). The van der Waals surface area contributed by atoms with Gasteiger partial charge in [-0.25, -0.2) is 9.07 Å². The van der Waals surface area contributed by atoms with Crippen molar-refractivity contribution in [1.29, 1.82) is 0 Å². The summed E-state index contributed by atoms with van der Waals surface area (Å²) in [6, 6.07) is 12.0. The Hall–Kier alpha value is -3.40.